The molecule has 1 heterocycles. The van der Waals surface area contributed by atoms with Crippen LogP contribution >= 0.6 is 0 Å². The van der Waals surface area contributed by atoms with Gasteiger partial charge in [-0.3, -0.25) is 0 Å². The average molecular weight is 259 g/mol. The van der Waals surface area contributed by atoms with Crippen LogP contribution in [0.4, 0.5) is 0 Å². The van der Waals surface area contributed by atoms with E-state index in [-0.39, 0.29) is 0 Å². The number of aromatic nitrogens is 2. The minimum Gasteiger partial charge on any atom is -0.331 e. The van der Waals surface area contributed by atoms with Gasteiger partial charge in [0.15, 0.2) is 0 Å². The Balaban J connectivity index is 2.13. The third-order valence-corrected chi connectivity index (χ3v) is 3.81. The van der Waals surface area contributed by atoms with Gasteiger partial charge in [0, 0.05) is 19.5 Å². The maximum absolute atomic E-state index is 4.75. The summed E-state index contributed by atoms with van der Waals surface area (Å²) >= 11 is 0. The lowest BCUT2D eigenvalue weighted by Crippen LogP contribution is -2.29. The first-order valence-corrected chi connectivity index (χ1v) is 7.19. The maximum atomic E-state index is 4.75. The second kappa shape index (κ2) is 6.20. The van der Waals surface area contributed by atoms with Gasteiger partial charge in [-0.25, -0.2) is 4.98 Å². The third kappa shape index (κ3) is 3.35. The summed E-state index contributed by atoms with van der Waals surface area (Å²) in [5, 5.41) is 3.42. The predicted molar refractivity (Wildman–Crippen MR) is 81.3 cm³/mol. The maximum Gasteiger partial charge on any atom is 0.111 e. The fourth-order valence-electron chi connectivity index (χ4n) is 2.48. The zero-order valence-corrected chi connectivity index (χ0v) is 12.5. The van der Waals surface area contributed by atoms with Crippen LogP contribution in [0.2, 0.25) is 0 Å². The van der Waals surface area contributed by atoms with Crippen molar-refractivity contribution in [2.75, 3.05) is 7.05 Å². The van der Waals surface area contributed by atoms with Gasteiger partial charge < -0.3 is 9.88 Å². The normalized spacial score (nSPS) is 13.3. The molecule has 3 heteroatoms. The van der Waals surface area contributed by atoms with E-state index in [9.17, 15) is 0 Å². The summed E-state index contributed by atoms with van der Waals surface area (Å²) in [4.78, 5) is 4.75. The number of benzene rings is 1. The smallest absolute Gasteiger partial charge is 0.111 e. The molecule has 0 bridgehead atoms. The number of aryl methyl sites for hydroxylation is 1. The lowest BCUT2D eigenvalue weighted by Gasteiger charge is -2.17. The number of nitrogens with zero attached hydrogens (tertiary/aromatic N) is 2. The summed E-state index contributed by atoms with van der Waals surface area (Å²) in [6, 6.07) is 8.85. The van der Waals surface area contributed by atoms with Gasteiger partial charge in [-0.05, 0) is 37.9 Å². The second-order valence-electron chi connectivity index (χ2n) is 5.74. The van der Waals surface area contributed by atoms with E-state index in [1.807, 2.05) is 13.1 Å². The van der Waals surface area contributed by atoms with Gasteiger partial charge in [0.1, 0.15) is 5.82 Å². The molecular formula is C16H25N3. The van der Waals surface area contributed by atoms with Crippen LogP contribution < -0.4 is 5.32 Å². The highest BCUT2D eigenvalue weighted by Crippen LogP contribution is 2.17. The van der Waals surface area contributed by atoms with E-state index < -0.39 is 0 Å². The van der Waals surface area contributed by atoms with Crippen LogP contribution in [0.5, 0.6) is 0 Å². The molecule has 0 saturated heterocycles. The summed E-state index contributed by atoms with van der Waals surface area (Å²) in [7, 11) is 4.16. The van der Waals surface area contributed by atoms with Crippen molar-refractivity contribution in [1.82, 2.24) is 14.9 Å². The molecule has 0 fully saturated rings. The van der Waals surface area contributed by atoms with Crippen LogP contribution in [0.3, 0.4) is 0 Å². The van der Waals surface area contributed by atoms with Gasteiger partial charge in [-0.15, -0.1) is 0 Å². The molecule has 1 atom stereocenters. The summed E-state index contributed by atoms with van der Waals surface area (Å²) in [5.41, 5.74) is 2.31. The zero-order chi connectivity index (χ0) is 13.8. The highest BCUT2D eigenvalue weighted by molar-refractivity contribution is 5.75. The van der Waals surface area contributed by atoms with Gasteiger partial charge in [-0.2, -0.15) is 0 Å². The summed E-state index contributed by atoms with van der Waals surface area (Å²) in [6.07, 6.45) is 3.46. The molecule has 0 aliphatic carbocycles. The van der Waals surface area contributed by atoms with Crippen molar-refractivity contribution >= 4 is 11.0 Å². The van der Waals surface area contributed by atoms with Crippen LogP contribution in [-0.2, 0) is 13.5 Å². The number of para-hydroxylation sites is 2. The number of hydrogen-bond acceptors (Lipinski definition) is 2. The molecule has 1 aromatic heterocycles. The van der Waals surface area contributed by atoms with Crippen molar-refractivity contribution in [1.29, 1.82) is 0 Å². The van der Waals surface area contributed by atoms with Gasteiger partial charge in [0.05, 0.1) is 11.0 Å². The molecule has 0 aliphatic heterocycles. The van der Waals surface area contributed by atoms with Crippen LogP contribution in [0.25, 0.3) is 11.0 Å². The number of imidazole rings is 1. The van der Waals surface area contributed by atoms with E-state index in [2.05, 4.69) is 49.0 Å². The monoisotopic (exact) mass is 259 g/mol. The second-order valence-corrected chi connectivity index (χ2v) is 5.74. The largest absolute Gasteiger partial charge is 0.331 e. The van der Waals surface area contributed by atoms with E-state index in [1.54, 1.807) is 0 Å². The molecule has 1 unspecified atom stereocenters. The van der Waals surface area contributed by atoms with Crippen molar-refractivity contribution in [3.63, 3.8) is 0 Å². The molecule has 0 amide bonds. The fourth-order valence-corrected chi connectivity index (χ4v) is 2.48. The van der Waals surface area contributed by atoms with Crippen molar-refractivity contribution in [2.24, 2.45) is 13.0 Å². The molecule has 0 aliphatic rings. The highest BCUT2D eigenvalue weighted by atomic mass is 15.1. The Morgan fingerprint density at radius 1 is 1.21 bits per heavy atom. The van der Waals surface area contributed by atoms with Crippen LogP contribution in [0.15, 0.2) is 24.3 Å². The van der Waals surface area contributed by atoms with Crippen LogP contribution in [0, 0.1) is 5.92 Å². The third-order valence-electron chi connectivity index (χ3n) is 3.81. The molecule has 1 aromatic carbocycles. The summed E-state index contributed by atoms with van der Waals surface area (Å²) in [5.74, 6) is 1.93. The Morgan fingerprint density at radius 3 is 2.58 bits per heavy atom. The average Bonchev–Trinajstić information content (AvgIpc) is 2.71. The van der Waals surface area contributed by atoms with Crippen molar-refractivity contribution in [3.05, 3.63) is 30.1 Å². The Hall–Kier alpha value is -1.35. The molecule has 1 N–H and O–H groups in total. The minimum atomic E-state index is 0.512. The van der Waals surface area contributed by atoms with Gasteiger partial charge in [0.25, 0.3) is 0 Å². The minimum absolute atomic E-state index is 0.512. The SMILES string of the molecule is CNC(CCC(C)C)Cc1nc2ccccc2n1C. The number of nitrogens with one attached hydrogen (secondary N) is 1. The first-order chi connectivity index (χ1) is 9.11. The molecule has 2 aromatic rings. The number of fused-ring (bicyclic) bond motifs is 1. The standard InChI is InChI=1S/C16H25N3/c1-12(2)9-10-13(17-3)11-16-18-14-7-5-6-8-15(14)19(16)4/h5-8,12-13,17H,9-11H2,1-4H3. The van der Waals surface area contributed by atoms with E-state index in [0.29, 0.717) is 6.04 Å². The quantitative estimate of drug-likeness (QED) is 0.863. The Kier molecular flexibility index (Phi) is 4.59. The Labute approximate surface area is 116 Å². The summed E-state index contributed by atoms with van der Waals surface area (Å²) < 4.78 is 2.22. The van der Waals surface area contributed by atoms with Crippen molar-refractivity contribution < 1.29 is 0 Å². The van der Waals surface area contributed by atoms with E-state index in [4.69, 9.17) is 4.98 Å². The molecule has 0 radical (unpaired) electrons. The molecule has 0 saturated carbocycles. The molecule has 3 nitrogen and oxygen atoms in total. The molecule has 19 heavy (non-hydrogen) atoms. The highest BCUT2D eigenvalue weighted by Gasteiger charge is 2.13. The molecule has 2 rings (SSSR count). The fraction of sp³-hybridized carbons (Fsp3) is 0.562. The zero-order valence-electron chi connectivity index (χ0n) is 12.5. The predicted octanol–water partition coefficient (Wildman–Crippen LogP) is 3.14. The molecule has 0 spiro atoms. The first-order valence-electron chi connectivity index (χ1n) is 7.19. The number of hydrogen-bond donors (Lipinski definition) is 1. The topological polar surface area (TPSA) is 29.9 Å². The van der Waals surface area contributed by atoms with Crippen LogP contribution in [0.1, 0.15) is 32.5 Å². The van der Waals surface area contributed by atoms with Gasteiger partial charge >= 0.3 is 0 Å². The van der Waals surface area contributed by atoms with Crippen molar-refractivity contribution in [2.45, 2.75) is 39.2 Å². The van der Waals surface area contributed by atoms with Crippen molar-refractivity contribution in [3.8, 4) is 0 Å². The number of likely N-dealkylation sites (N-methyl/N-ethyl adjacent to an activating group) is 1. The molecular weight excluding hydrogens is 234 g/mol. The Morgan fingerprint density at radius 2 is 1.95 bits per heavy atom. The van der Waals surface area contributed by atoms with Crippen LogP contribution in [-0.4, -0.2) is 22.6 Å². The molecule has 104 valence electrons. The Bertz CT molecular complexity index is 528. The lowest BCUT2D eigenvalue weighted by atomic mass is 10.0. The lowest BCUT2D eigenvalue weighted by molar-refractivity contribution is 0.442. The van der Waals surface area contributed by atoms with Gasteiger partial charge in [-0.1, -0.05) is 26.0 Å². The van der Waals surface area contributed by atoms with Gasteiger partial charge in [0.2, 0.25) is 0 Å². The van der Waals surface area contributed by atoms with E-state index in [1.165, 1.54) is 24.2 Å². The summed E-state index contributed by atoms with van der Waals surface area (Å²) in [6.45, 7) is 4.56. The van der Waals surface area contributed by atoms with E-state index in [0.717, 1.165) is 17.9 Å². The van der Waals surface area contributed by atoms with E-state index >= 15 is 0 Å². The first kappa shape index (κ1) is 14.1. The number of rotatable bonds is 6.